The summed E-state index contributed by atoms with van der Waals surface area (Å²) >= 11 is 0. The van der Waals surface area contributed by atoms with E-state index in [9.17, 15) is 9.18 Å². The summed E-state index contributed by atoms with van der Waals surface area (Å²) in [5.74, 6) is -0.301. The Balaban J connectivity index is 1.80. The van der Waals surface area contributed by atoms with E-state index in [0.29, 0.717) is 22.3 Å². The van der Waals surface area contributed by atoms with Crippen LogP contribution in [-0.4, -0.2) is 37.9 Å². The number of rotatable bonds is 5. The number of aromatic nitrogens is 5. The molecule has 4 rings (SSSR count). The van der Waals surface area contributed by atoms with E-state index in [0.717, 1.165) is 11.2 Å². The lowest BCUT2D eigenvalue weighted by atomic mass is 10.2. The van der Waals surface area contributed by atoms with Gasteiger partial charge in [0, 0.05) is 18.8 Å². The van der Waals surface area contributed by atoms with E-state index in [1.165, 1.54) is 13.1 Å². The molecule has 11 heteroatoms. The smallest absolute Gasteiger partial charge is 0.419 e. The van der Waals surface area contributed by atoms with Crippen LogP contribution in [0.1, 0.15) is 5.56 Å². The van der Waals surface area contributed by atoms with Crippen molar-refractivity contribution in [1.29, 1.82) is 0 Å². The van der Waals surface area contributed by atoms with Crippen LogP contribution in [0, 0.1) is 5.82 Å². The van der Waals surface area contributed by atoms with E-state index in [1.807, 2.05) is 0 Å². The zero-order chi connectivity index (χ0) is 22.8. The molecule has 3 heterocycles. The van der Waals surface area contributed by atoms with Crippen LogP contribution in [0.15, 0.2) is 55.4 Å². The number of nitrogens with two attached hydrogens (primary N) is 2. The van der Waals surface area contributed by atoms with Crippen molar-refractivity contribution < 1.29 is 13.9 Å². The molecule has 0 unspecified atom stereocenters. The number of nitrogens with zero attached hydrogens (tertiary/aromatic N) is 6. The fourth-order valence-electron chi connectivity index (χ4n) is 3.25. The van der Waals surface area contributed by atoms with Crippen molar-refractivity contribution in [2.24, 2.45) is 0 Å². The van der Waals surface area contributed by atoms with Crippen LogP contribution in [0.25, 0.3) is 22.6 Å². The van der Waals surface area contributed by atoms with E-state index in [2.05, 4.69) is 26.6 Å². The van der Waals surface area contributed by atoms with Crippen molar-refractivity contribution in [3.05, 3.63) is 66.8 Å². The lowest BCUT2D eigenvalue weighted by Crippen LogP contribution is -2.28. The third-order valence-electron chi connectivity index (χ3n) is 4.73. The van der Waals surface area contributed by atoms with Crippen LogP contribution in [0.4, 0.5) is 26.5 Å². The normalized spacial score (nSPS) is 10.8. The molecule has 32 heavy (non-hydrogen) atoms. The van der Waals surface area contributed by atoms with Gasteiger partial charge in [-0.25, -0.2) is 28.8 Å². The Bertz CT molecular complexity index is 1310. The minimum absolute atomic E-state index is 0.0447. The number of hydrogen-bond donors (Lipinski definition) is 2. The first-order chi connectivity index (χ1) is 15.4. The third-order valence-corrected chi connectivity index (χ3v) is 4.73. The average Bonchev–Trinajstić information content (AvgIpc) is 3.13. The molecule has 4 aromatic rings. The van der Waals surface area contributed by atoms with Gasteiger partial charge in [-0.3, -0.25) is 4.90 Å². The first kappa shape index (κ1) is 20.7. The molecule has 1 amide bonds. The number of amides is 1. The van der Waals surface area contributed by atoms with Crippen LogP contribution in [0.5, 0.6) is 0 Å². The summed E-state index contributed by atoms with van der Waals surface area (Å²) in [6.45, 7) is 3.49. The highest BCUT2D eigenvalue weighted by atomic mass is 19.1. The second-order valence-electron chi connectivity index (χ2n) is 6.75. The average molecular weight is 434 g/mol. The second-order valence-corrected chi connectivity index (χ2v) is 6.75. The first-order valence-corrected chi connectivity index (χ1v) is 9.44. The van der Waals surface area contributed by atoms with Gasteiger partial charge in [-0.2, -0.15) is 5.10 Å². The number of pyridine rings is 1. The molecule has 0 fully saturated rings. The maximum absolute atomic E-state index is 14.2. The number of carbonyl (C=O) groups is 1. The minimum Gasteiger partial charge on any atom is -0.419 e. The van der Waals surface area contributed by atoms with Gasteiger partial charge in [-0.1, -0.05) is 24.8 Å². The molecular weight excluding hydrogens is 415 g/mol. The Kier molecular flexibility index (Phi) is 5.37. The lowest BCUT2D eigenvalue weighted by Gasteiger charge is -2.18. The second kappa shape index (κ2) is 8.30. The molecule has 0 bridgehead atoms. The number of anilines is 3. The highest BCUT2D eigenvalue weighted by Crippen LogP contribution is 2.32. The summed E-state index contributed by atoms with van der Waals surface area (Å²) in [4.78, 5) is 26.0. The SMILES string of the molecule is C=COC(=O)N(C)c1c(N)nc(-c2nn(Cc3ccccc3F)c3ncccc23)nc1N. The summed E-state index contributed by atoms with van der Waals surface area (Å²) < 4.78 is 20.5. The predicted octanol–water partition coefficient (Wildman–Crippen LogP) is 2.96. The van der Waals surface area contributed by atoms with Crippen LogP contribution < -0.4 is 16.4 Å². The number of hydrogen-bond acceptors (Lipinski definition) is 8. The Hall–Kier alpha value is -4.54. The number of carbonyl (C=O) groups excluding carboxylic acids is 1. The maximum atomic E-state index is 14.2. The molecule has 162 valence electrons. The van der Waals surface area contributed by atoms with Crippen molar-refractivity contribution in [2.45, 2.75) is 6.54 Å². The van der Waals surface area contributed by atoms with Crippen LogP contribution in [0.2, 0.25) is 0 Å². The third kappa shape index (κ3) is 3.67. The van der Waals surface area contributed by atoms with Gasteiger partial charge in [0.2, 0.25) is 0 Å². The Morgan fingerprint density at radius 3 is 2.62 bits per heavy atom. The van der Waals surface area contributed by atoms with E-state index in [1.54, 1.807) is 41.2 Å². The minimum atomic E-state index is -0.751. The van der Waals surface area contributed by atoms with Gasteiger partial charge in [0.1, 0.15) is 17.2 Å². The summed E-state index contributed by atoms with van der Waals surface area (Å²) in [6, 6.07) is 9.94. The molecule has 1 aromatic carbocycles. The summed E-state index contributed by atoms with van der Waals surface area (Å²) in [5.41, 5.74) is 13.6. The fraction of sp³-hybridized carbons (Fsp3) is 0.0952. The topological polar surface area (TPSA) is 138 Å². The standard InChI is InChI=1S/C21H19FN8O2/c1-3-32-21(31)29(2)16-17(23)26-19(27-18(16)24)15-13-8-6-10-25-20(13)30(28-15)11-12-7-4-5-9-14(12)22/h3-10H,1,11H2,2H3,(H4,23,24,26,27). The van der Waals surface area contributed by atoms with E-state index in [-0.39, 0.29) is 35.5 Å². The molecule has 0 spiro atoms. The highest BCUT2D eigenvalue weighted by molar-refractivity contribution is 5.96. The molecule has 0 aliphatic rings. The number of halogens is 1. The summed E-state index contributed by atoms with van der Waals surface area (Å²) in [5, 5.41) is 5.18. The van der Waals surface area contributed by atoms with Gasteiger partial charge < -0.3 is 16.2 Å². The zero-order valence-electron chi connectivity index (χ0n) is 17.1. The maximum Gasteiger partial charge on any atom is 0.419 e. The number of benzene rings is 1. The van der Waals surface area contributed by atoms with Gasteiger partial charge in [-0.15, -0.1) is 0 Å². The largest absolute Gasteiger partial charge is 0.419 e. The molecule has 0 saturated heterocycles. The number of ether oxygens (including phenoxy) is 1. The van der Waals surface area contributed by atoms with E-state index in [4.69, 9.17) is 16.2 Å². The Morgan fingerprint density at radius 2 is 1.94 bits per heavy atom. The van der Waals surface area contributed by atoms with Gasteiger partial charge >= 0.3 is 6.09 Å². The zero-order valence-corrected chi connectivity index (χ0v) is 17.1. The summed E-state index contributed by atoms with van der Waals surface area (Å²) in [6.07, 6.45) is 1.85. The van der Waals surface area contributed by atoms with Crippen molar-refractivity contribution in [1.82, 2.24) is 24.7 Å². The number of fused-ring (bicyclic) bond motifs is 1. The van der Waals surface area contributed by atoms with Crippen LogP contribution in [0.3, 0.4) is 0 Å². The molecule has 10 nitrogen and oxygen atoms in total. The van der Waals surface area contributed by atoms with Crippen molar-refractivity contribution in [3.63, 3.8) is 0 Å². The molecule has 3 aromatic heterocycles. The van der Waals surface area contributed by atoms with Crippen molar-refractivity contribution >= 4 is 34.4 Å². The monoisotopic (exact) mass is 434 g/mol. The molecule has 0 aliphatic carbocycles. The molecule has 0 radical (unpaired) electrons. The van der Waals surface area contributed by atoms with Crippen LogP contribution >= 0.6 is 0 Å². The van der Waals surface area contributed by atoms with Gasteiger partial charge in [0.05, 0.1) is 18.2 Å². The Labute approximate surface area is 182 Å². The molecule has 4 N–H and O–H groups in total. The van der Waals surface area contributed by atoms with Crippen molar-refractivity contribution in [3.8, 4) is 11.5 Å². The fourth-order valence-corrected chi connectivity index (χ4v) is 3.25. The molecule has 0 aliphatic heterocycles. The van der Waals surface area contributed by atoms with E-state index >= 15 is 0 Å². The Morgan fingerprint density at radius 1 is 1.22 bits per heavy atom. The molecular formula is C21H19FN8O2. The molecule has 0 atom stereocenters. The quantitative estimate of drug-likeness (QED) is 0.457. The predicted molar refractivity (Wildman–Crippen MR) is 118 cm³/mol. The van der Waals surface area contributed by atoms with Gasteiger partial charge in [0.25, 0.3) is 0 Å². The van der Waals surface area contributed by atoms with Gasteiger partial charge in [0.15, 0.2) is 23.1 Å². The van der Waals surface area contributed by atoms with Crippen molar-refractivity contribution in [2.75, 3.05) is 23.4 Å². The van der Waals surface area contributed by atoms with Gasteiger partial charge in [-0.05, 0) is 18.2 Å². The first-order valence-electron chi connectivity index (χ1n) is 9.44. The number of nitrogen functional groups attached to an aromatic ring is 2. The lowest BCUT2D eigenvalue weighted by molar-refractivity contribution is 0.195. The molecule has 0 saturated carbocycles. The summed E-state index contributed by atoms with van der Waals surface area (Å²) in [7, 11) is 1.42. The highest BCUT2D eigenvalue weighted by Gasteiger charge is 2.23. The van der Waals surface area contributed by atoms with E-state index < -0.39 is 6.09 Å². The van der Waals surface area contributed by atoms with Crippen LogP contribution in [-0.2, 0) is 11.3 Å².